The molecule has 1 aromatic carbocycles. The van der Waals surface area contributed by atoms with Crippen molar-refractivity contribution < 1.29 is 13.2 Å². The quantitative estimate of drug-likeness (QED) is 0.707. The van der Waals surface area contributed by atoms with Crippen LogP contribution in [0.25, 0.3) is 0 Å². The highest BCUT2D eigenvalue weighted by atomic mass is 79.9. The number of nitrogens with two attached hydrogens (primary N) is 1. The van der Waals surface area contributed by atoms with Crippen LogP contribution in [0.2, 0.25) is 0 Å². The van der Waals surface area contributed by atoms with E-state index in [1.54, 1.807) is 12.1 Å². The van der Waals surface area contributed by atoms with Gasteiger partial charge in [0.05, 0.1) is 11.8 Å². The topological polar surface area (TPSA) is 81.4 Å². The van der Waals surface area contributed by atoms with Crippen LogP contribution in [0.3, 0.4) is 0 Å². The Morgan fingerprint density at radius 3 is 2.60 bits per heavy atom. The molecule has 2 rings (SSSR count). The lowest BCUT2D eigenvalue weighted by Crippen LogP contribution is -2.47. The SMILES string of the molecule is CCOC1CC(NS(=O)(=O)c2c(N)cc(Br)cc2Br)C1. The minimum Gasteiger partial charge on any atom is -0.398 e. The first-order valence-corrected chi connectivity index (χ1v) is 9.29. The molecule has 0 aliphatic heterocycles. The number of rotatable bonds is 5. The molecule has 0 radical (unpaired) electrons. The molecule has 1 aromatic rings. The Morgan fingerprint density at radius 2 is 2.05 bits per heavy atom. The molecular formula is C12H16Br2N2O3S. The number of anilines is 1. The number of halogens is 2. The summed E-state index contributed by atoms with van der Waals surface area (Å²) in [6, 6.07) is 3.14. The Kier molecular flexibility index (Phi) is 5.12. The van der Waals surface area contributed by atoms with Gasteiger partial charge in [-0.2, -0.15) is 0 Å². The van der Waals surface area contributed by atoms with Gasteiger partial charge in [0.15, 0.2) is 0 Å². The summed E-state index contributed by atoms with van der Waals surface area (Å²) in [5, 5.41) is 0. The Morgan fingerprint density at radius 1 is 1.40 bits per heavy atom. The van der Waals surface area contributed by atoms with Crippen molar-refractivity contribution in [2.24, 2.45) is 0 Å². The van der Waals surface area contributed by atoms with Crippen molar-refractivity contribution in [1.82, 2.24) is 4.72 Å². The third-order valence-electron chi connectivity index (χ3n) is 3.12. The fourth-order valence-corrected chi connectivity index (χ4v) is 5.51. The standard InChI is InChI=1S/C12H16Br2N2O3S/c1-2-19-9-5-8(6-9)16-20(17,18)12-10(14)3-7(13)4-11(12)15/h3-4,8-9,16H,2,5-6,15H2,1H3. The molecule has 1 aliphatic rings. The smallest absolute Gasteiger partial charge is 0.244 e. The summed E-state index contributed by atoms with van der Waals surface area (Å²) in [5.41, 5.74) is 6.02. The van der Waals surface area contributed by atoms with Crippen LogP contribution >= 0.6 is 31.9 Å². The first kappa shape index (κ1) is 16.2. The van der Waals surface area contributed by atoms with Crippen LogP contribution in [0.5, 0.6) is 0 Å². The normalized spacial score (nSPS) is 22.6. The number of nitrogen functional groups attached to an aromatic ring is 1. The van der Waals surface area contributed by atoms with E-state index in [1.165, 1.54) is 0 Å². The van der Waals surface area contributed by atoms with Crippen molar-refractivity contribution in [3.63, 3.8) is 0 Å². The minimum absolute atomic E-state index is 0.0839. The van der Waals surface area contributed by atoms with Crippen LogP contribution in [-0.4, -0.2) is 27.2 Å². The summed E-state index contributed by atoms with van der Waals surface area (Å²) in [6.07, 6.45) is 1.54. The number of nitrogens with one attached hydrogen (secondary N) is 1. The largest absolute Gasteiger partial charge is 0.398 e. The number of hydrogen-bond acceptors (Lipinski definition) is 4. The molecule has 0 atom stereocenters. The molecule has 0 aromatic heterocycles. The Bertz CT molecular complexity index is 578. The van der Waals surface area contributed by atoms with Crippen LogP contribution in [0, 0.1) is 0 Å². The molecule has 0 unspecified atom stereocenters. The molecule has 3 N–H and O–H groups in total. The van der Waals surface area contributed by atoms with Crippen LogP contribution in [0.15, 0.2) is 26.0 Å². The monoisotopic (exact) mass is 426 g/mol. The highest BCUT2D eigenvalue weighted by molar-refractivity contribution is 9.11. The van der Waals surface area contributed by atoms with Gasteiger partial charge in [-0.1, -0.05) is 15.9 Å². The van der Waals surface area contributed by atoms with Gasteiger partial charge in [0, 0.05) is 21.6 Å². The summed E-state index contributed by atoms with van der Waals surface area (Å²) in [4.78, 5) is 0.0839. The number of ether oxygens (including phenoxy) is 1. The van der Waals surface area contributed by atoms with Crippen molar-refractivity contribution in [3.05, 3.63) is 21.1 Å². The minimum atomic E-state index is -3.64. The molecule has 1 fully saturated rings. The second-order valence-corrected chi connectivity index (χ2v) is 8.09. The van der Waals surface area contributed by atoms with Crippen molar-refractivity contribution in [1.29, 1.82) is 0 Å². The third kappa shape index (κ3) is 3.54. The molecule has 0 amide bonds. The fourth-order valence-electron chi connectivity index (χ4n) is 2.18. The van der Waals surface area contributed by atoms with Crippen LogP contribution in [-0.2, 0) is 14.8 Å². The van der Waals surface area contributed by atoms with E-state index in [2.05, 4.69) is 36.6 Å². The summed E-state index contributed by atoms with van der Waals surface area (Å²) in [5.74, 6) is 0. The second-order valence-electron chi connectivity index (χ2n) is 4.67. The second kappa shape index (κ2) is 6.31. The average Bonchev–Trinajstić information content (AvgIpc) is 2.23. The van der Waals surface area contributed by atoms with Gasteiger partial charge < -0.3 is 10.5 Å². The van der Waals surface area contributed by atoms with Crippen LogP contribution < -0.4 is 10.5 Å². The molecule has 1 aliphatic carbocycles. The molecule has 0 saturated heterocycles. The van der Waals surface area contributed by atoms with Gasteiger partial charge >= 0.3 is 0 Å². The zero-order chi connectivity index (χ0) is 14.9. The van der Waals surface area contributed by atoms with Gasteiger partial charge in [-0.3, -0.25) is 0 Å². The summed E-state index contributed by atoms with van der Waals surface area (Å²) in [6.45, 7) is 2.58. The lowest BCUT2D eigenvalue weighted by Gasteiger charge is -2.35. The molecule has 8 heteroatoms. The molecule has 0 bridgehead atoms. The van der Waals surface area contributed by atoms with E-state index in [1.807, 2.05) is 6.92 Å². The Labute approximate surface area is 135 Å². The van der Waals surface area contributed by atoms with E-state index in [0.717, 1.165) is 4.47 Å². The Hall–Kier alpha value is -0.150. The number of benzene rings is 1. The lowest BCUT2D eigenvalue weighted by molar-refractivity contribution is -0.00475. The van der Waals surface area contributed by atoms with E-state index >= 15 is 0 Å². The maximum absolute atomic E-state index is 12.4. The molecule has 0 spiro atoms. The molecular weight excluding hydrogens is 412 g/mol. The summed E-state index contributed by atoms with van der Waals surface area (Å²) < 4.78 is 34.0. The number of sulfonamides is 1. The van der Waals surface area contributed by atoms with E-state index in [-0.39, 0.29) is 22.7 Å². The summed E-state index contributed by atoms with van der Waals surface area (Å²) >= 11 is 6.52. The maximum Gasteiger partial charge on any atom is 0.244 e. The van der Waals surface area contributed by atoms with E-state index < -0.39 is 10.0 Å². The van der Waals surface area contributed by atoms with Gasteiger partial charge in [-0.05, 0) is 47.8 Å². The van der Waals surface area contributed by atoms with Gasteiger partial charge in [-0.25, -0.2) is 13.1 Å². The van der Waals surface area contributed by atoms with Crippen LogP contribution in [0.1, 0.15) is 19.8 Å². The summed E-state index contributed by atoms with van der Waals surface area (Å²) in [7, 11) is -3.64. The zero-order valence-electron chi connectivity index (χ0n) is 10.9. The average molecular weight is 428 g/mol. The first-order chi connectivity index (χ1) is 9.33. The number of hydrogen-bond donors (Lipinski definition) is 2. The fraction of sp³-hybridized carbons (Fsp3) is 0.500. The predicted molar refractivity (Wildman–Crippen MR) is 85.0 cm³/mol. The van der Waals surface area contributed by atoms with Gasteiger partial charge in [0.25, 0.3) is 0 Å². The van der Waals surface area contributed by atoms with E-state index in [0.29, 0.717) is 23.9 Å². The molecule has 20 heavy (non-hydrogen) atoms. The van der Waals surface area contributed by atoms with Gasteiger partial charge in [-0.15, -0.1) is 0 Å². The zero-order valence-corrected chi connectivity index (χ0v) is 14.9. The molecule has 1 saturated carbocycles. The molecule has 112 valence electrons. The van der Waals surface area contributed by atoms with Crippen molar-refractivity contribution in [3.8, 4) is 0 Å². The van der Waals surface area contributed by atoms with Crippen molar-refractivity contribution in [2.45, 2.75) is 36.8 Å². The first-order valence-electron chi connectivity index (χ1n) is 6.22. The van der Waals surface area contributed by atoms with Crippen molar-refractivity contribution in [2.75, 3.05) is 12.3 Å². The molecule has 5 nitrogen and oxygen atoms in total. The molecule has 0 heterocycles. The third-order valence-corrected chi connectivity index (χ3v) is 6.11. The van der Waals surface area contributed by atoms with E-state index in [4.69, 9.17) is 10.5 Å². The van der Waals surface area contributed by atoms with Gasteiger partial charge in [0.1, 0.15) is 4.90 Å². The maximum atomic E-state index is 12.4. The predicted octanol–water partition coefficient (Wildman–Crippen LogP) is 2.64. The van der Waals surface area contributed by atoms with E-state index in [9.17, 15) is 8.42 Å². The van der Waals surface area contributed by atoms with Crippen LogP contribution in [0.4, 0.5) is 5.69 Å². The highest BCUT2D eigenvalue weighted by Crippen LogP contribution is 2.33. The van der Waals surface area contributed by atoms with Gasteiger partial charge in [0.2, 0.25) is 10.0 Å². The highest BCUT2D eigenvalue weighted by Gasteiger charge is 2.34. The Balaban J connectivity index is 2.12. The lowest BCUT2D eigenvalue weighted by atomic mass is 9.90. The van der Waals surface area contributed by atoms with Crippen molar-refractivity contribution >= 4 is 47.6 Å².